The molecule has 4 N–H and O–H groups in total. The molecule has 3 aromatic rings. The van der Waals surface area contributed by atoms with Crippen LogP contribution in [-0.2, 0) is 0 Å². The first-order valence-electron chi connectivity index (χ1n) is 6.12. The van der Waals surface area contributed by atoms with E-state index in [0.717, 1.165) is 10.9 Å². The zero-order valence-corrected chi connectivity index (χ0v) is 10.8. The van der Waals surface area contributed by atoms with Gasteiger partial charge in [-0.15, -0.1) is 0 Å². The summed E-state index contributed by atoms with van der Waals surface area (Å²) in [6.07, 6.45) is 1.69. The van der Waals surface area contributed by atoms with Gasteiger partial charge < -0.3 is 11.1 Å². The molecule has 0 aliphatic carbocycles. The lowest BCUT2D eigenvalue weighted by molar-refractivity contribution is 0.102. The number of carbonyl (C=O) groups excluding carboxylic acids is 1. The number of H-pyrrole nitrogens is 1. The fourth-order valence-corrected chi connectivity index (χ4v) is 2.00. The molecule has 2 heterocycles. The van der Waals surface area contributed by atoms with Crippen LogP contribution in [0.15, 0.2) is 36.5 Å². The normalized spacial score (nSPS) is 10.7. The molecule has 0 aliphatic rings. The van der Waals surface area contributed by atoms with Gasteiger partial charge in [0.05, 0.1) is 22.6 Å². The third kappa shape index (κ3) is 1.97. The van der Waals surface area contributed by atoms with Gasteiger partial charge in [-0.05, 0) is 19.1 Å². The second kappa shape index (κ2) is 4.65. The van der Waals surface area contributed by atoms with Crippen molar-refractivity contribution in [2.45, 2.75) is 6.92 Å². The minimum absolute atomic E-state index is 0.190. The van der Waals surface area contributed by atoms with Gasteiger partial charge in [0.25, 0.3) is 5.91 Å². The van der Waals surface area contributed by atoms with Crippen LogP contribution in [0.4, 0.5) is 11.4 Å². The molecule has 20 heavy (non-hydrogen) atoms. The summed E-state index contributed by atoms with van der Waals surface area (Å²) in [5.41, 5.74) is 8.38. The Labute approximate surface area is 115 Å². The molecule has 1 aromatic carbocycles. The average Bonchev–Trinajstić information content (AvgIpc) is 2.79. The Balaban J connectivity index is 1.97. The standard InChI is InChI=1S/C14H13N5O/c1-8-11(15)13(19-18-8)14(20)17-10-6-2-4-9-5-3-7-16-12(9)10/h2-7H,15H2,1H3,(H,17,20)(H,18,19). The number of carbonyl (C=O) groups is 1. The highest BCUT2D eigenvalue weighted by atomic mass is 16.2. The summed E-state index contributed by atoms with van der Waals surface area (Å²) in [6.45, 7) is 1.76. The van der Waals surface area contributed by atoms with Gasteiger partial charge in [0, 0.05) is 11.6 Å². The van der Waals surface area contributed by atoms with Gasteiger partial charge in [-0.25, -0.2) is 0 Å². The first kappa shape index (κ1) is 12.2. The first-order valence-corrected chi connectivity index (χ1v) is 6.12. The Morgan fingerprint density at radius 3 is 2.85 bits per heavy atom. The Hall–Kier alpha value is -2.89. The largest absolute Gasteiger partial charge is 0.395 e. The number of aryl methyl sites for hydroxylation is 1. The number of hydrogen-bond acceptors (Lipinski definition) is 4. The number of rotatable bonds is 2. The number of fused-ring (bicyclic) bond motifs is 1. The van der Waals surface area contributed by atoms with Crippen LogP contribution in [0, 0.1) is 6.92 Å². The topological polar surface area (TPSA) is 96.7 Å². The van der Waals surface area contributed by atoms with E-state index < -0.39 is 0 Å². The fourth-order valence-electron chi connectivity index (χ4n) is 2.00. The van der Waals surface area contributed by atoms with Crippen molar-refractivity contribution >= 4 is 28.2 Å². The second-order valence-corrected chi connectivity index (χ2v) is 4.45. The van der Waals surface area contributed by atoms with Crippen molar-refractivity contribution in [3.05, 3.63) is 47.9 Å². The number of aromatic nitrogens is 3. The number of nitrogens with two attached hydrogens (primary N) is 1. The number of nitrogen functional groups attached to an aromatic ring is 1. The average molecular weight is 267 g/mol. The predicted molar refractivity (Wildman–Crippen MR) is 77.4 cm³/mol. The van der Waals surface area contributed by atoms with Crippen molar-refractivity contribution in [3.8, 4) is 0 Å². The smallest absolute Gasteiger partial charge is 0.278 e. The molecule has 0 radical (unpaired) electrons. The van der Waals surface area contributed by atoms with Gasteiger partial charge in [0.1, 0.15) is 0 Å². The highest BCUT2D eigenvalue weighted by Gasteiger charge is 2.16. The van der Waals surface area contributed by atoms with Gasteiger partial charge in [-0.3, -0.25) is 14.9 Å². The summed E-state index contributed by atoms with van der Waals surface area (Å²) in [4.78, 5) is 16.5. The van der Waals surface area contributed by atoms with Crippen LogP contribution in [0.2, 0.25) is 0 Å². The molecule has 0 spiro atoms. The van der Waals surface area contributed by atoms with Gasteiger partial charge in [0.15, 0.2) is 5.69 Å². The van der Waals surface area contributed by atoms with E-state index in [-0.39, 0.29) is 11.6 Å². The van der Waals surface area contributed by atoms with Crippen LogP contribution in [0.5, 0.6) is 0 Å². The molecular formula is C14H13N5O. The maximum Gasteiger partial charge on any atom is 0.278 e. The summed E-state index contributed by atoms with van der Waals surface area (Å²) in [7, 11) is 0. The molecule has 0 saturated carbocycles. The monoisotopic (exact) mass is 267 g/mol. The van der Waals surface area contributed by atoms with E-state index in [1.165, 1.54) is 0 Å². The van der Waals surface area contributed by atoms with Crippen LogP contribution in [-0.4, -0.2) is 21.1 Å². The SMILES string of the molecule is Cc1[nH]nc(C(=O)Nc2cccc3cccnc23)c1N. The molecule has 6 nitrogen and oxygen atoms in total. The van der Waals surface area contributed by atoms with E-state index >= 15 is 0 Å². The minimum atomic E-state index is -0.356. The lowest BCUT2D eigenvalue weighted by atomic mass is 10.2. The van der Waals surface area contributed by atoms with Crippen LogP contribution in [0.1, 0.15) is 16.2 Å². The molecule has 1 amide bonds. The van der Waals surface area contributed by atoms with Gasteiger partial charge >= 0.3 is 0 Å². The Kier molecular flexibility index (Phi) is 2.83. The number of aromatic amines is 1. The zero-order chi connectivity index (χ0) is 14.1. The van der Waals surface area contributed by atoms with Crippen LogP contribution in [0.3, 0.4) is 0 Å². The molecule has 0 fully saturated rings. The summed E-state index contributed by atoms with van der Waals surface area (Å²) in [6, 6.07) is 9.38. The molecule has 0 unspecified atom stereocenters. The number of nitrogens with zero attached hydrogens (tertiary/aromatic N) is 2. The molecule has 6 heteroatoms. The second-order valence-electron chi connectivity index (χ2n) is 4.45. The molecular weight excluding hydrogens is 254 g/mol. The lowest BCUT2D eigenvalue weighted by Crippen LogP contribution is -2.14. The zero-order valence-electron chi connectivity index (χ0n) is 10.8. The van der Waals surface area contributed by atoms with Gasteiger partial charge in [-0.2, -0.15) is 5.10 Å². The Morgan fingerprint density at radius 2 is 2.10 bits per heavy atom. The number of benzene rings is 1. The molecule has 0 bridgehead atoms. The molecule has 2 aromatic heterocycles. The minimum Gasteiger partial charge on any atom is -0.395 e. The van der Waals surface area contributed by atoms with E-state index in [1.54, 1.807) is 19.2 Å². The number of para-hydroxylation sites is 1. The van der Waals surface area contributed by atoms with Crippen molar-refractivity contribution in [2.24, 2.45) is 0 Å². The highest BCUT2D eigenvalue weighted by molar-refractivity contribution is 6.09. The number of anilines is 2. The van der Waals surface area contributed by atoms with Crippen molar-refractivity contribution in [1.82, 2.24) is 15.2 Å². The van der Waals surface area contributed by atoms with E-state index in [0.29, 0.717) is 17.1 Å². The highest BCUT2D eigenvalue weighted by Crippen LogP contribution is 2.22. The van der Waals surface area contributed by atoms with E-state index in [1.807, 2.05) is 24.3 Å². The molecule has 3 rings (SSSR count). The number of hydrogen-bond donors (Lipinski definition) is 3. The third-order valence-corrected chi connectivity index (χ3v) is 3.09. The Morgan fingerprint density at radius 1 is 1.30 bits per heavy atom. The van der Waals surface area contributed by atoms with Crippen molar-refractivity contribution in [1.29, 1.82) is 0 Å². The number of amides is 1. The number of pyridine rings is 1. The van der Waals surface area contributed by atoms with E-state index in [9.17, 15) is 4.79 Å². The maximum absolute atomic E-state index is 12.2. The molecule has 0 saturated heterocycles. The van der Waals surface area contributed by atoms with Crippen molar-refractivity contribution < 1.29 is 4.79 Å². The molecule has 0 aliphatic heterocycles. The molecule has 100 valence electrons. The van der Waals surface area contributed by atoms with Crippen LogP contribution < -0.4 is 11.1 Å². The lowest BCUT2D eigenvalue weighted by Gasteiger charge is -2.06. The summed E-state index contributed by atoms with van der Waals surface area (Å²) in [5, 5.41) is 10.3. The quantitative estimate of drug-likeness (QED) is 0.662. The summed E-state index contributed by atoms with van der Waals surface area (Å²) >= 11 is 0. The first-order chi connectivity index (χ1) is 9.66. The molecule has 0 atom stereocenters. The van der Waals surface area contributed by atoms with Gasteiger partial charge in [0.2, 0.25) is 0 Å². The van der Waals surface area contributed by atoms with Crippen LogP contribution in [0.25, 0.3) is 10.9 Å². The summed E-state index contributed by atoms with van der Waals surface area (Å²) < 4.78 is 0. The van der Waals surface area contributed by atoms with Gasteiger partial charge in [-0.1, -0.05) is 18.2 Å². The van der Waals surface area contributed by atoms with E-state index in [4.69, 9.17) is 5.73 Å². The summed E-state index contributed by atoms with van der Waals surface area (Å²) in [5.74, 6) is -0.356. The Bertz CT molecular complexity index is 788. The fraction of sp³-hybridized carbons (Fsp3) is 0.0714. The van der Waals surface area contributed by atoms with E-state index in [2.05, 4.69) is 20.5 Å². The van der Waals surface area contributed by atoms with Crippen molar-refractivity contribution in [3.63, 3.8) is 0 Å². The maximum atomic E-state index is 12.2. The predicted octanol–water partition coefficient (Wildman–Crippen LogP) is 2.10. The number of nitrogens with one attached hydrogen (secondary N) is 2. The third-order valence-electron chi connectivity index (χ3n) is 3.09. The van der Waals surface area contributed by atoms with Crippen molar-refractivity contribution in [2.75, 3.05) is 11.1 Å². The van der Waals surface area contributed by atoms with Crippen LogP contribution >= 0.6 is 0 Å².